The normalized spacial score (nSPS) is 10.0. The van der Waals surface area contributed by atoms with Crippen molar-refractivity contribution in [3.63, 3.8) is 0 Å². The van der Waals surface area contributed by atoms with Crippen LogP contribution in [0.2, 0.25) is 0 Å². The summed E-state index contributed by atoms with van der Waals surface area (Å²) in [7, 11) is 0. The number of anilines is 1. The van der Waals surface area contributed by atoms with Gasteiger partial charge in [-0.05, 0) is 12.1 Å². The van der Waals surface area contributed by atoms with Crippen molar-refractivity contribution in [2.45, 2.75) is 0 Å². The number of carbonyl (C=O) groups is 1. The molecule has 1 heterocycles. The van der Waals surface area contributed by atoms with E-state index in [1.54, 1.807) is 0 Å². The quantitative estimate of drug-likeness (QED) is 0.709. The van der Waals surface area contributed by atoms with Crippen LogP contribution in [0.1, 0.15) is 10.4 Å². The number of nitrogens with zero attached hydrogens (tertiary/aromatic N) is 1. The summed E-state index contributed by atoms with van der Waals surface area (Å²) >= 11 is 0. The monoisotopic (exact) mass is 220 g/mol. The number of aromatic hydroxyl groups is 2. The van der Waals surface area contributed by atoms with Gasteiger partial charge in [0.1, 0.15) is 29.0 Å². The molecule has 3 N–H and O–H groups in total. The van der Waals surface area contributed by atoms with Gasteiger partial charge in [-0.15, -0.1) is 0 Å². The molecule has 0 spiro atoms. The molecule has 0 fully saturated rings. The van der Waals surface area contributed by atoms with E-state index in [0.29, 0.717) is 5.69 Å². The average molecular weight is 220 g/mol. The standard InChI is InChI=1S/C10H8N2O4/c13-7-2-1-3-8(14)9(7)10(15)12-6-4-11-16-5-6/h1-5,13-14H,(H,12,15). The second-order valence-electron chi connectivity index (χ2n) is 3.04. The highest BCUT2D eigenvalue weighted by Gasteiger charge is 2.16. The Labute approximate surface area is 90.1 Å². The average Bonchev–Trinajstić information content (AvgIpc) is 2.70. The SMILES string of the molecule is O=C(Nc1cnoc1)c1c(O)cccc1O. The van der Waals surface area contributed by atoms with E-state index < -0.39 is 5.91 Å². The van der Waals surface area contributed by atoms with Gasteiger partial charge in [-0.25, -0.2) is 0 Å². The highest BCUT2D eigenvalue weighted by atomic mass is 16.5. The summed E-state index contributed by atoms with van der Waals surface area (Å²) in [5.41, 5.74) is 0.149. The van der Waals surface area contributed by atoms with Gasteiger partial charge in [-0.3, -0.25) is 4.79 Å². The summed E-state index contributed by atoms with van der Waals surface area (Å²) in [5, 5.41) is 24.7. The largest absolute Gasteiger partial charge is 0.507 e. The molecule has 1 aromatic heterocycles. The van der Waals surface area contributed by atoms with Crippen LogP contribution in [-0.4, -0.2) is 21.3 Å². The first-order chi connectivity index (χ1) is 7.68. The number of benzene rings is 1. The minimum Gasteiger partial charge on any atom is -0.507 e. The summed E-state index contributed by atoms with van der Waals surface area (Å²) in [6.45, 7) is 0. The molecule has 6 heteroatoms. The van der Waals surface area contributed by atoms with Crippen molar-refractivity contribution in [3.05, 3.63) is 36.2 Å². The van der Waals surface area contributed by atoms with Gasteiger partial charge in [0.15, 0.2) is 0 Å². The zero-order valence-corrected chi connectivity index (χ0v) is 8.04. The van der Waals surface area contributed by atoms with Crippen molar-refractivity contribution in [3.8, 4) is 11.5 Å². The van der Waals surface area contributed by atoms with Gasteiger partial charge in [0, 0.05) is 0 Å². The number of aromatic nitrogens is 1. The van der Waals surface area contributed by atoms with Crippen molar-refractivity contribution in [1.29, 1.82) is 0 Å². The number of hydrogen-bond acceptors (Lipinski definition) is 5. The lowest BCUT2D eigenvalue weighted by Gasteiger charge is -2.05. The Morgan fingerprint density at radius 1 is 1.31 bits per heavy atom. The fourth-order valence-electron chi connectivity index (χ4n) is 1.22. The molecule has 1 aromatic carbocycles. The molecule has 0 saturated heterocycles. The molecule has 0 atom stereocenters. The van der Waals surface area contributed by atoms with E-state index in [0.717, 1.165) is 0 Å². The number of nitrogens with one attached hydrogen (secondary N) is 1. The van der Waals surface area contributed by atoms with Gasteiger partial charge in [0.05, 0.1) is 6.20 Å². The van der Waals surface area contributed by atoms with Gasteiger partial charge in [0.25, 0.3) is 5.91 Å². The number of hydrogen-bond donors (Lipinski definition) is 3. The van der Waals surface area contributed by atoms with Gasteiger partial charge < -0.3 is 20.1 Å². The molecule has 6 nitrogen and oxygen atoms in total. The fourth-order valence-corrected chi connectivity index (χ4v) is 1.22. The molecule has 2 aromatic rings. The fraction of sp³-hybridized carbons (Fsp3) is 0. The lowest BCUT2D eigenvalue weighted by molar-refractivity contribution is 0.102. The number of phenolic OH excluding ortho intramolecular Hbond substituents is 2. The Morgan fingerprint density at radius 2 is 2.00 bits per heavy atom. The van der Waals surface area contributed by atoms with Crippen molar-refractivity contribution < 1.29 is 19.5 Å². The first-order valence-corrected chi connectivity index (χ1v) is 4.40. The van der Waals surface area contributed by atoms with Crippen LogP contribution in [0.4, 0.5) is 5.69 Å². The zero-order chi connectivity index (χ0) is 11.5. The second-order valence-corrected chi connectivity index (χ2v) is 3.04. The number of rotatable bonds is 2. The second kappa shape index (κ2) is 3.93. The summed E-state index contributed by atoms with van der Waals surface area (Å²) in [6, 6.07) is 4.05. The maximum Gasteiger partial charge on any atom is 0.263 e. The summed E-state index contributed by atoms with van der Waals surface area (Å²) < 4.78 is 4.52. The van der Waals surface area contributed by atoms with E-state index in [-0.39, 0.29) is 17.1 Å². The Morgan fingerprint density at radius 3 is 2.56 bits per heavy atom. The van der Waals surface area contributed by atoms with Crippen LogP contribution in [0.15, 0.2) is 35.2 Å². The van der Waals surface area contributed by atoms with Crippen molar-refractivity contribution in [2.75, 3.05) is 5.32 Å². The smallest absolute Gasteiger partial charge is 0.263 e. The van der Waals surface area contributed by atoms with Crippen molar-refractivity contribution in [2.24, 2.45) is 0 Å². The molecule has 0 aliphatic rings. The molecular formula is C10H8N2O4. The lowest BCUT2D eigenvalue weighted by atomic mass is 10.1. The van der Waals surface area contributed by atoms with Crippen LogP contribution in [0, 0.1) is 0 Å². The third-order valence-electron chi connectivity index (χ3n) is 1.94. The van der Waals surface area contributed by atoms with Gasteiger partial charge in [0.2, 0.25) is 0 Å². The van der Waals surface area contributed by atoms with E-state index in [4.69, 9.17) is 0 Å². The van der Waals surface area contributed by atoms with Crippen LogP contribution in [0.5, 0.6) is 11.5 Å². The topological polar surface area (TPSA) is 95.6 Å². The molecule has 82 valence electrons. The lowest BCUT2D eigenvalue weighted by Crippen LogP contribution is -2.11. The first kappa shape index (κ1) is 10.0. The maximum absolute atomic E-state index is 11.7. The number of carbonyl (C=O) groups excluding carboxylic acids is 1. The first-order valence-electron chi connectivity index (χ1n) is 4.40. The highest BCUT2D eigenvalue weighted by Crippen LogP contribution is 2.26. The number of phenols is 2. The Balaban J connectivity index is 2.28. The maximum atomic E-state index is 11.7. The number of amides is 1. The van der Waals surface area contributed by atoms with E-state index in [9.17, 15) is 15.0 Å². The zero-order valence-electron chi connectivity index (χ0n) is 8.04. The van der Waals surface area contributed by atoms with E-state index in [1.807, 2.05) is 0 Å². The Hall–Kier alpha value is -2.50. The van der Waals surface area contributed by atoms with Crippen LogP contribution < -0.4 is 5.32 Å². The van der Waals surface area contributed by atoms with Crippen LogP contribution >= 0.6 is 0 Å². The third kappa shape index (κ3) is 1.81. The van der Waals surface area contributed by atoms with Crippen LogP contribution in [0.3, 0.4) is 0 Å². The molecule has 2 rings (SSSR count). The summed E-state index contributed by atoms with van der Waals surface area (Å²) in [6.07, 6.45) is 2.53. The molecule has 16 heavy (non-hydrogen) atoms. The molecule has 0 aliphatic heterocycles. The van der Waals surface area contributed by atoms with Gasteiger partial charge in [-0.1, -0.05) is 11.2 Å². The third-order valence-corrected chi connectivity index (χ3v) is 1.94. The van der Waals surface area contributed by atoms with Crippen molar-refractivity contribution in [1.82, 2.24) is 5.16 Å². The van der Waals surface area contributed by atoms with E-state index in [2.05, 4.69) is 15.0 Å². The van der Waals surface area contributed by atoms with Crippen LogP contribution in [-0.2, 0) is 0 Å². The summed E-state index contributed by atoms with van der Waals surface area (Å²) in [4.78, 5) is 11.7. The predicted molar refractivity (Wildman–Crippen MR) is 54.2 cm³/mol. The molecule has 0 unspecified atom stereocenters. The highest BCUT2D eigenvalue weighted by molar-refractivity contribution is 6.07. The molecular weight excluding hydrogens is 212 g/mol. The van der Waals surface area contributed by atoms with Crippen LogP contribution in [0.25, 0.3) is 0 Å². The van der Waals surface area contributed by atoms with E-state index in [1.165, 1.54) is 30.7 Å². The Kier molecular flexibility index (Phi) is 2.47. The molecule has 0 aliphatic carbocycles. The van der Waals surface area contributed by atoms with Gasteiger partial charge in [-0.2, -0.15) is 0 Å². The molecule has 0 radical (unpaired) electrons. The summed E-state index contributed by atoms with van der Waals surface area (Å²) in [5.74, 6) is -1.23. The van der Waals surface area contributed by atoms with Crippen molar-refractivity contribution >= 4 is 11.6 Å². The van der Waals surface area contributed by atoms with Gasteiger partial charge >= 0.3 is 0 Å². The Bertz CT molecular complexity index is 487. The molecule has 0 saturated carbocycles. The molecule has 0 bridgehead atoms. The minimum atomic E-state index is -0.640. The minimum absolute atomic E-state index is 0.191. The molecule has 1 amide bonds. The predicted octanol–water partition coefficient (Wildman–Crippen LogP) is 1.34. The van der Waals surface area contributed by atoms with E-state index >= 15 is 0 Å².